The fraction of sp³-hybridized carbons (Fsp3) is 0.0727. The number of allylic oxidation sites excluding steroid dienone is 3. The molecule has 0 amide bonds. The molecule has 2 nitrogen and oxygen atoms in total. The first kappa shape index (κ1) is 32.2. The summed E-state index contributed by atoms with van der Waals surface area (Å²) in [4.78, 5) is 5.64. The highest BCUT2D eigenvalue weighted by atomic mass is 16.3. The van der Waals surface area contributed by atoms with Gasteiger partial charge < -0.3 is 4.42 Å². The lowest BCUT2D eigenvalue weighted by Crippen LogP contribution is -2.20. The molecule has 0 saturated heterocycles. The van der Waals surface area contributed by atoms with Crippen LogP contribution in [0.2, 0.25) is 0 Å². The van der Waals surface area contributed by atoms with Crippen LogP contribution in [0.25, 0.3) is 60.5 Å². The number of hydrogen-bond donors (Lipinski definition) is 0. The van der Waals surface area contributed by atoms with E-state index < -0.39 is 0 Å². The van der Waals surface area contributed by atoms with E-state index in [1.807, 2.05) is 6.07 Å². The summed E-state index contributed by atoms with van der Waals surface area (Å²) in [5, 5.41) is 4.83. The average Bonchev–Trinajstić information content (AvgIpc) is 3.56. The minimum Gasteiger partial charge on any atom is -0.456 e. The van der Waals surface area contributed by atoms with E-state index in [1.54, 1.807) is 0 Å². The van der Waals surface area contributed by atoms with Gasteiger partial charge in [-0.2, -0.15) is 0 Å². The van der Waals surface area contributed by atoms with Gasteiger partial charge in [-0.25, -0.2) is 4.99 Å². The van der Waals surface area contributed by atoms with Gasteiger partial charge in [0.1, 0.15) is 11.2 Å². The van der Waals surface area contributed by atoms with Crippen LogP contribution in [0.15, 0.2) is 197 Å². The van der Waals surface area contributed by atoms with Crippen molar-refractivity contribution < 1.29 is 4.42 Å². The van der Waals surface area contributed by atoms with Crippen molar-refractivity contribution in [3.8, 4) is 22.3 Å². The maximum absolute atomic E-state index is 6.49. The highest BCUT2D eigenvalue weighted by Crippen LogP contribution is 2.51. The first-order valence-electron chi connectivity index (χ1n) is 20.0. The number of aliphatic imine (C=N–C) groups is 1. The molecule has 2 heteroatoms. The molecule has 3 aliphatic rings. The van der Waals surface area contributed by atoms with Crippen molar-refractivity contribution in [2.24, 2.45) is 4.99 Å². The highest BCUT2D eigenvalue weighted by molar-refractivity contribution is 6.18. The standard InChI is InChI=1S/C55H37NO/c1-33-27-50(49-30-38-31-53-48(43-20-10-12-22-52(43)57-53)32-47(38)44-26-25-35-15-5-6-17-40(35)54(44)49)55(56-51-21-11-9-16-39(33)51)37-24-23-36-28-45(34-13-3-2-4-14-34)41-18-7-8-19-42(41)46(36)29-37/h2-27,29,31-32,45,49H,1,28,30H2/t45-,49?/m1/s1. The molecule has 0 saturated carbocycles. The van der Waals surface area contributed by atoms with Crippen molar-refractivity contribution in [3.05, 3.63) is 227 Å². The minimum atomic E-state index is 0.0102. The van der Waals surface area contributed by atoms with Crippen molar-refractivity contribution in [2.75, 3.05) is 0 Å². The van der Waals surface area contributed by atoms with Crippen LogP contribution < -0.4 is 0 Å². The Morgan fingerprint density at radius 3 is 2.16 bits per heavy atom. The van der Waals surface area contributed by atoms with Gasteiger partial charge in [0.2, 0.25) is 0 Å². The van der Waals surface area contributed by atoms with Crippen molar-refractivity contribution in [1.29, 1.82) is 0 Å². The Bertz CT molecular complexity index is 3210. The second kappa shape index (κ2) is 12.5. The van der Waals surface area contributed by atoms with Crippen molar-refractivity contribution >= 4 is 49.7 Å². The van der Waals surface area contributed by atoms with Crippen LogP contribution in [0.5, 0.6) is 0 Å². The fourth-order valence-corrected chi connectivity index (χ4v) is 10.1. The number of benzene rings is 8. The zero-order chi connectivity index (χ0) is 37.6. The lowest BCUT2D eigenvalue weighted by atomic mass is 9.71. The van der Waals surface area contributed by atoms with Gasteiger partial charge in [0.05, 0.1) is 11.4 Å². The van der Waals surface area contributed by atoms with Crippen molar-refractivity contribution in [2.45, 2.75) is 24.7 Å². The SMILES string of the molecule is C=C1C=C(C2Cc3cc4oc5ccccc5c4cc3-c3ccc4ccccc4c32)C(c2ccc3c(c2)-c2ccccc2[C@@H](c2ccccc2)C3)=Nc2ccccc21. The summed E-state index contributed by atoms with van der Waals surface area (Å²) in [6.45, 7) is 4.69. The maximum atomic E-state index is 6.49. The first-order valence-corrected chi connectivity index (χ1v) is 20.0. The van der Waals surface area contributed by atoms with E-state index in [1.165, 1.54) is 66.4 Å². The number of nitrogens with zero attached hydrogens (tertiary/aromatic N) is 1. The highest BCUT2D eigenvalue weighted by Gasteiger charge is 2.34. The molecule has 1 aromatic heterocycles. The van der Waals surface area contributed by atoms with Crippen LogP contribution in [-0.2, 0) is 12.8 Å². The van der Waals surface area contributed by atoms with E-state index in [0.29, 0.717) is 5.92 Å². The molecule has 1 aliphatic heterocycles. The molecule has 0 spiro atoms. The van der Waals surface area contributed by atoms with Gasteiger partial charge >= 0.3 is 0 Å². The van der Waals surface area contributed by atoms with E-state index >= 15 is 0 Å². The Labute approximate surface area is 331 Å². The lowest BCUT2D eigenvalue weighted by Gasteiger charge is -2.32. The number of para-hydroxylation sites is 2. The molecule has 8 aromatic carbocycles. The summed E-state index contributed by atoms with van der Waals surface area (Å²) < 4.78 is 6.49. The molecule has 12 rings (SSSR count). The Morgan fingerprint density at radius 1 is 0.509 bits per heavy atom. The van der Waals surface area contributed by atoms with Crippen LogP contribution in [0.4, 0.5) is 5.69 Å². The normalized spacial score (nSPS) is 16.9. The van der Waals surface area contributed by atoms with Gasteiger partial charge in [-0.1, -0.05) is 146 Å². The van der Waals surface area contributed by atoms with Gasteiger partial charge in [-0.05, 0) is 121 Å². The van der Waals surface area contributed by atoms with Crippen molar-refractivity contribution in [3.63, 3.8) is 0 Å². The summed E-state index contributed by atoms with van der Waals surface area (Å²) in [6.07, 6.45) is 4.11. The van der Waals surface area contributed by atoms with Gasteiger partial charge in [-0.15, -0.1) is 0 Å². The quantitative estimate of drug-likeness (QED) is 0.178. The third-order valence-electron chi connectivity index (χ3n) is 12.7. The second-order valence-corrected chi connectivity index (χ2v) is 15.8. The number of fused-ring (bicyclic) bond motifs is 12. The summed E-state index contributed by atoms with van der Waals surface area (Å²) in [5.41, 5.74) is 20.0. The maximum Gasteiger partial charge on any atom is 0.135 e. The molecule has 57 heavy (non-hydrogen) atoms. The summed E-state index contributed by atoms with van der Waals surface area (Å²) >= 11 is 0. The summed E-state index contributed by atoms with van der Waals surface area (Å²) in [5.74, 6) is 0.322. The first-order chi connectivity index (χ1) is 28.2. The largest absolute Gasteiger partial charge is 0.456 e. The van der Waals surface area contributed by atoms with Crippen LogP contribution >= 0.6 is 0 Å². The van der Waals surface area contributed by atoms with E-state index in [0.717, 1.165) is 62.9 Å². The zero-order valence-electron chi connectivity index (χ0n) is 31.4. The zero-order valence-corrected chi connectivity index (χ0v) is 31.4. The third-order valence-corrected chi connectivity index (χ3v) is 12.7. The predicted octanol–water partition coefficient (Wildman–Crippen LogP) is 14.2. The van der Waals surface area contributed by atoms with Gasteiger partial charge in [0.25, 0.3) is 0 Å². The smallest absolute Gasteiger partial charge is 0.135 e. The van der Waals surface area contributed by atoms with Gasteiger partial charge in [0, 0.05) is 33.7 Å². The Hall–Kier alpha value is -7.03. The number of furan rings is 1. The molecule has 2 heterocycles. The molecule has 2 aliphatic carbocycles. The Balaban J connectivity index is 1.08. The Morgan fingerprint density at radius 2 is 1.25 bits per heavy atom. The fourth-order valence-electron chi connectivity index (χ4n) is 10.1. The molecule has 0 radical (unpaired) electrons. The molecule has 9 aromatic rings. The molecule has 2 atom stereocenters. The summed E-state index contributed by atoms with van der Waals surface area (Å²) in [7, 11) is 0. The van der Waals surface area contributed by atoms with Gasteiger partial charge in [-0.3, -0.25) is 0 Å². The van der Waals surface area contributed by atoms with E-state index in [9.17, 15) is 0 Å². The molecule has 1 unspecified atom stereocenters. The lowest BCUT2D eigenvalue weighted by molar-refractivity contribution is 0.667. The molecular formula is C55H37NO. The number of rotatable bonds is 3. The molecular weight excluding hydrogens is 691 g/mol. The van der Waals surface area contributed by atoms with Crippen LogP contribution in [0, 0.1) is 0 Å². The van der Waals surface area contributed by atoms with E-state index in [4.69, 9.17) is 9.41 Å². The topological polar surface area (TPSA) is 25.5 Å². The second-order valence-electron chi connectivity index (χ2n) is 15.8. The molecule has 0 N–H and O–H groups in total. The van der Waals surface area contributed by atoms with E-state index in [2.05, 4.69) is 176 Å². The van der Waals surface area contributed by atoms with Crippen molar-refractivity contribution in [1.82, 2.24) is 0 Å². The number of hydrogen-bond acceptors (Lipinski definition) is 2. The average molecular weight is 728 g/mol. The van der Waals surface area contributed by atoms with Crippen LogP contribution in [0.1, 0.15) is 50.8 Å². The minimum absolute atomic E-state index is 0.0102. The van der Waals surface area contributed by atoms with E-state index in [-0.39, 0.29) is 5.92 Å². The predicted molar refractivity (Wildman–Crippen MR) is 237 cm³/mol. The monoisotopic (exact) mass is 727 g/mol. The molecule has 268 valence electrons. The van der Waals surface area contributed by atoms with Crippen LogP contribution in [0.3, 0.4) is 0 Å². The summed E-state index contributed by atoms with van der Waals surface area (Å²) in [6, 6.07) is 62.0. The molecule has 0 fully saturated rings. The third kappa shape index (κ3) is 5.00. The molecule has 0 bridgehead atoms. The Kier molecular flexibility index (Phi) is 7.07. The van der Waals surface area contributed by atoms with Gasteiger partial charge in [0.15, 0.2) is 0 Å². The van der Waals surface area contributed by atoms with Crippen LogP contribution in [-0.4, -0.2) is 5.71 Å².